The Labute approximate surface area is 223 Å². The lowest BCUT2D eigenvalue weighted by molar-refractivity contribution is -0.140. The van der Waals surface area contributed by atoms with E-state index in [1.807, 2.05) is 31.2 Å². The first-order valence-corrected chi connectivity index (χ1v) is 12.5. The summed E-state index contributed by atoms with van der Waals surface area (Å²) >= 11 is 0. The van der Waals surface area contributed by atoms with Crippen molar-refractivity contribution in [2.75, 3.05) is 13.7 Å². The Kier molecular flexibility index (Phi) is 6.61. The molecule has 11 heteroatoms. The molecule has 0 aliphatic carbocycles. The summed E-state index contributed by atoms with van der Waals surface area (Å²) in [5, 5.41) is 12.0. The van der Waals surface area contributed by atoms with E-state index in [-0.39, 0.29) is 29.7 Å². The van der Waals surface area contributed by atoms with Crippen LogP contribution in [0.3, 0.4) is 0 Å². The molecule has 39 heavy (non-hydrogen) atoms. The molecule has 5 rings (SSSR count). The number of fused-ring (bicyclic) bond motifs is 1. The van der Waals surface area contributed by atoms with E-state index in [1.165, 1.54) is 13.2 Å². The van der Waals surface area contributed by atoms with Crippen LogP contribution >= 0.6 is 0 Å². The first kappa shape index (κ1) is 26.3. The van der Waals surface area contributed by atoms with Crippen LogP contribution in [0.4, 0.5) is 13.2 Å². The van der Waals surface area contributed by atoms with Crippen molar-refractivity contribution in [2.45, 2.75) is 32.1 Å². The van der Waals surface area contributed by atoms with Crippen LogP contribution in [0.2, 0.25) is 0 Å². The van der Waals surface area contributed by atoms with Crippen LogP contribution in [0.25, 0.3) is 11.1 Å². The SMILES string of the molecule is COc1cccc([C@H](C)N2CCc3c(cc(Cn4ccn(C)c4=N)cc3-c3cn(C)nc3C(F)(F)F)C2=O)c1. The molecular formula is C28H29F3N6O2. The smallest absolute Gasteiger partial charge is 0.435 e. The van der Waals surface area contributed by atoms with Gasteiger partial charge in [0.2, 0.25) is 5.62 Å². The third kappa shape index (κ3) is 4.84. The first-order valence-electron chi connectivity index (χ1n) is 12.5. The Hall–Kier alpha value is -4.28. The Morgan fingerprint density at radius 2 is 1.85 bits per heavy atom. The average molecular weight is 539 g/mol. The van der Waals surface area contributed by atoms with E-state index in [0.29, 0.717) is 41.0 Å². The van der Waals surface area contributed by atoms with Crippen molar-refractivity contribution in [2.24, 2.45) is 14.1 Å². The van der Waals surface area contributed by atoms with Crippen LogP contribution in [-0.4, -0.2) is 43.4 Å². The van der Waals surface area contributed by atoms with Crippen LogP contribution in [-0.2, 0) is 33.2 Å². The molecule has 0 fully saturated rings. The zero-order valence-electron chi connectivity index (χ0n) is 22.1. The van der Waals surface area contributed by atoms with E-state index in [4.69, 9.17) is 10.1 Å². The van der Waals surface area contributed by atoms with Crippen molar-refractivity contribution in [3.05, 3.63) is 88.6 Å². The zero-order valence-corrected chi connectivity index (χ0v) is 22.1. The molecule has 3 heterocycles. The number of imidazole rings is 1. The van der Waals surface area contributed by atoms with Crippen molar-refractivity contribution in [1.82, 2.24) is 23.8 Å². The highest BCUT2D eigenvalue weighted by molar-refractivity contribution is 5.99. The molecule has 2 aromatic carbocycles. The van der Waals surface area contributed by atoms with Gasteiger partial charge in [-0.05, 0) is 59.9 Å². The number of carbonyl (C=O) groups excluding carboxylic acids is 1. The van der Waals surface area contributed by atoms with Gasteiger partial charge in [-0.15, -0.1) is 0 Å². The Morgan fingerprint density at radius 3 is 2.51 bits per heavy atom. The van der Waals surface area contributed by atoms with Crippen LogP contribution in [0.15, 0.2) is 55.0 Å². The van der Waals surface area contributed by atoms with Crippen LogP contribution in [0.5, 0.6) is 5.75 Å². The van der Waals surface area contributed by atoms with Crippen molar-refractivity contribution in [3.8, 4) is 16.9 Å². The fraction of sp³-hybridized carbons (Fsp3) is 0.321. The van der Waals surface area contributed by atoms with Gasteiger partial charge in [0, 0.05) is 50.4 Å². The van der Waals surface area contributed by atoms with E-state index in [2.05, 4.69) is 5.10 Å². The molecule has 4 aromatic rings. The van der Waals surface area contributed by atoms with E-state index in [1.54, 1.807) is 52.7 Å². The van der Waals surface area contributed by atoms with Gasteiger partial charge < -0.3 is 18.8 Å². The number of hydrogen-bond donors (Lipinski definition) is 1. The van der Waals surface area contributed by atoms with Crippen molar-refractivity contribution in [3.63, 3.8) is 0 Å². The highest BCUT2D eigenvalue weighted by Crippen LogP contribution is 2.40. The van der Waals surface area contributed by atoms with E-state index in [0.717, 1.165) is 10.2 Å². The number of amides is 1. The molecule has 204 valence electrons. The summed E-state index contributed by atoms with van der Waals surface area (Å²) in [7, 11) is 4.77. The third-order valence-electron chi connectivity index (χ3n) is 7.26. The van der Waals surface area contributed by atoms with Crippen LogP contribution < -0.4 is 10.4 Å². The third-order valence-corrected chi connectivity index (χ3v) is 7.26. The summed E-state index contributed by atoms with van der Waals surface area (Å²) in [5.41, 5.74) is 1.97. The number of carbonyl (C=O) groups is 1. The lowest BCUT2D eigenvalue weighted by atomic mass is 9.87. The zero-order chi connectivity index (χ0) is 28.1. The predicted octanol–water partition coefficient (Wildman–Crippen LogP) is 4.54. The molecule has 0 bridgehead atoms. The number of alkyl halides is 3. The minimum atomic E-state index is -4.66. The fourth-order valence-electron chi connectivity index (χ4n) is 5.21. The number of halogens is 3. The normalized spacial score (nSPS) is 14.4. The highest BCUT2D eigenvalue weighted by Gasteiger charge is 2.39. The molecule has 0 saturated carbocycles. The van der Waals surface area contributed by atoms with Crippen molar-refractivity contribution < 1.29 is 22.7 Å². The van der Waals surface area contributed by atoms with Gasteiger partial charge in [-0.2, -0.15) is 18.3 Å². The fourth-order valence-corrected chi connectivity index (χ4v) is 5.21. The van der Waals surface area contributed by atoms with E-state index in [9.17, 15) is 18.0 Å². The second-order valence-electron chi connectivity index (χ2n) is 9.79. The second kappa shape index (κ2) is 9.79. The lowest BCUT2D eigenvalue weighted by Crippen LogP contribution is -2.39. The number of nitrogens with zero attached hydrogens (tertiary/aromatic N) is 5. The maximum Gasteiger partial charge on any atom is 0.435 e. The summed E-state index contributed by atoms with van der Waals surface area (Å²) in [6.07, 6.45) is 0.537. The number of aryl methyl sites for hydroxylation is 2. The summed E-state index contributed by atoms with van der Waals surface area (Å²) in [6, 6.07) is 10.6. The molecule has 0 radical (unpaired) electrons. The van der Waals surface area contributed by atoms with Gasteiger partial charge in [0.1, 0.15) is 5.75 Å². The highest BCUT2D eigenvalue weighted by atomic mass is 19.4. The molecule has 1 N–H and O–H groups in total. The largest absolute Gasteiger partial charge is 0.497 e. The monoisotopic (exact) mass is 538 g/mol. The molecular weight excluding hydrogens is 509 g/mol. The minimum Gasteiger partial charge on any atom is -0.497 e. The number of rotatable bonds is 6. The van der Waals surface area contributed by atoms with E-state index >= 15 is 0 Å². The Morgan fingerprint density at radius 1 is 1.10 bits per heavy atom. The van der Waals surface area contributed by atoms with Gasteiger partial charge in [0.05, 0.1) is 19.7 Å². The second-order valence-corrected chi connectivity index (χ2v) is 9.79. The van der Waals surface area contributed by atoms with E-state index < -0.39 is 11.9 Å². The first-order chi connectivity index (χ1) is 18.5. The molecule has 1 aliphatic rings. The molecule has 0 saturated heterocycles. The molecule has 8 nitrogen and oxygen atoms in total. The predicted molar refractivity (Wildman–Crippen MR) is 138 cm³/mol. The van der Waals surface area contributed by atoms with Crippen molar-refractivity contribution in [1.29, 1.82) is 5.41 Å². The van der Waals surface area contributed by atoms with Gasteiger partial charge in [0.25, 0.3) is 5.91 Å². The number of ether oxygens (including phenoxy) is 1. The quantitative estimate of drug-likeness (QED) is 0.391. The number of nitrogens with one attached hydrogen (secondary N) is 1. The molecule has 1 aliphatic heterocycles. The molecule has 0 unspecified atom stereocenters. The summed E-state index contributed by atoms with van der Waals surface area (Å²) < 4.78 is 51.7. The van der Waals surface area contributed by atoms with Crippen LogP contribution in [0.1, 0.15) is 45.7 Å². The average Bonchev–Trinajstić information content (AvgIpc) is 3.46. The van der Waals surface area contributed by atoms with Crippen LogP contribution in [0, 0.1) is 5.41 Å². The molecule has 1 atom stereocenters. The Balaban J connectivity index is 1.64. The summed E-state index contributed by atoms with van der Waals surface area (Å²) in [6.45, 7) is 2.50. The number of benzene rings is 2. The number of aromatic nitrogens is 4. The van der Waals surface area contributed by atoms with Gasteiger partial charge in [0.15, 0.2) is 5.69 Å². The standard InChI is InChI=1S/C28H29F3N6O2/c1-17(19-6-5-7-20(14-19)39-4)37-9-8-21-22(24-16-35(3)33-25(24)28(29,30)31)12-18(13-23(21)26(37)38)15-36-11-10-34(2)27(36)32/h5-7,10-14,16-17,32H,8-9,15H2,1-4H3/t17-/m0/s1. The molecule has 2 aromatic heterocycles. The van der Waals surface area contributed by atoms with Gasteiger partial charge in [-0.3, -0.25) is 14.9 Å². The topological polar surface area (TPSA) is 81.1 Å². The van der Waals surface area contributed by atoms with Gasteiger partial charge >= 0.3 is 6.18 Å². The lowest BCUT2D eigenvalue weighted by Gasteiger charge is -2.35. The Bertz CT molecular complexity index is 1610. The van der Waals surface area contributed by atoms with Gasteiger partial charge in [-0.25, -0.2) is 0 Å². The molecule has 1 amide bonds. The number of hydrogen-bond acceptors (Lipinski definition) is 4. The van der Waals surface area contributed by atoms with Gasteiger partial charge in [-0.1, -0.05) is 12.1 Å². The summed E-state index contributed by atoms with van der Waals surface area (Å²) in [5.74, 6) is 0.424. The maximum absolute atomic E-state index is 14.0. The maximum atomic E-state index is 14.0. The van der Waals surface area contributed by atoms with Crippen molar-refractivity contribution >= 4 is 5.91 Å². The molecule has 0 spiro atoms. The summed E-state index contributed by atoms with van der Waals surface area (Å²) in [4.78, 5) is 15.7. The minimum absolute atomic E-state index is 0.0608. The number of methoxy groups -OCH3 is 1.